The van der Waals surface area contributed by atoms with Crippen LogP contribution < -0.4 is 15.8 Å². The van der Waals surface area contributed by atoms with E-state index < -0.39 is 0 Å². The van der Waals surface area contributed by atoms with Crippen molar-refractivity contribution >= 4 is 22.0 Å². The van der Waals surface area contributed by atoms with Gasteiger partial charge < -0.3 is 15.8 Å². The lowest BCUT2D eigenvalue weighted by atomic mass is 10.3. The van der Waals surface area contributed by atoms with Crippen LogP contribution in [0.5, 0.6) is 5.75 Å². The molecule has 0 saturated carbocycles. The van der Waals surface area contributed by atoms with E-state index in [0.29, 0.717) is 22.9 Å². The number of anilines is 2. The van der Waals surface area contributed by atoms with Gasteiger partial charge in [-0.15, -0.1) is 11.3 Å². The maximum Gasteiger partial charge on any atom is 0.178 e. The summed E-state index contributed by atoms with van der Waals surface area (Å²) >= 11 is 1.31. The third-order valence-electron chi connectivity index (χ3n) is 2.56. The van der Waals surface area contributed by atoms with E-state index in [1.807, 2.05) is 26.0 Å². The fourth-order valence-corrected chi connectivity index (χ4v) is 2.51. The third kappa shape index (κ3) is 3.19. The molecule has 104 valence electrons. The van der Waals surface area contributed by atoms with Crippen LogP contribution in [0, 0.1) is 11.3 Å². The Morgan fingerprint density at radius 1 is 1.45 bits per heavy atom. The first-order valence-corrected chi connectivity index (χ1v) is 7.05. The Hall–Kier alpha value is -2.26. The highest BCUT2D eigenvalue weighted by Crippen LogP contribution is 2.42. The summed E-state index contributed by atoms with van der Waals surface area (Å²) < 4.78 is 5.71. The van der Waals surface area contributed by atoms with Crippen LogP contribution in [0.3, 0.4) is 0 Å². The number of thiophene rings is 1. The molecule has 2 rings (SSSR count). The molecule has 0 spiro atoms. The number of nitrogens with zero attached hydrogens (tertiary/aromatic N) is 2. The summed E-state index contributed by atoms with van der Waals surface area (Å²) in [5.74, 6) is 0.565. The van der Waals surface area contributed by atoms with Crippen LogP contribution in [0.1, 0.15) is 24.3 Å². The summed E-state index contributed by atoms with van der Waals surface area (Å²) in [5, 5.41) is 13.1. The molecular weight excluding hydrogens is 272 g/mol. The normalized spacial score (nSPS) is 10.3. The predicted molar refractivity (Wildman–Crippen MR) is 80.8 cm³/mol. The zero-order valence-corrected chi connectivity index (χ0v) is 12.2. The van der Waals surface area contributed by atoms with Crippen LogP contribution in [-0.4, -0.2) is 11.1 Å². The number of hydrogen-bond donors (Lipinski definition) is 2. The minimum Gasteiger partial charge on any atom is -0.486 e. The van der Waals surface area contributed by atoms with E-state index in [1.165, 1.54) is 11.3 Å². The number of pyridine rings is 1. The van der Waals surface area contributed by atoms with Crippen molar-refractivity contribution in [2.75, 3.05) is 11.1 Å². The van der Waals surface area contributed by atoms with Crippen molar-refractivity contribution in [2.24, 2.45) is 0 Å². The molecule has 0 radical (unpaired) electrons. The first-order chi connectivity index (χ1) is 9.61. The van der Waals surface area contributed by atoms with Crippen molar-refractivity contribution in [2.45, 2.75) is 26.5 Å². The molecule has 0 aliphatic rings. The van der Waals surface area contributed by atoms with Crippen molar-refractivity contribution in [3.63, 3.8) is 0 Å². The molecule has 0 amide bonds. The van der Waals surface area contributed by atoms with Gasteiger partial charge in [0, 0.05) is 18.9 Å². The van der Waals surface area contributed by atoms with E-state index in [4.69, 9.17) is 15.7 Å². The highest BCUT2D eigenvalue weighted by atomic mass is 32.1. The van der Waals surface area contributed by atoms with Gasteiger partial charge in [0.2, 0.25) is 0 Å². The van der Waals surface area contributed by atoms with E-state index >= 15 is 0 Å². The Morgan fingerprint density at radius 2 is 2.15 bits per heavy atom. The summed E-state index contributed by atoms with van der Waals surface area (Å²) in [6.45, 7) is 4.48. The molecule has 5 nitrogen and oxygen atoms in total. The monoisotopic (exact) mass is 288 g/mol. The first kappa shape index (κ1) is 14.2. The molecule has 2 heterocycles. The molecule has 0 aliphatic heterocycles. The Balaban J connectivity index is 2.20. The van der Waals surface area contributed by atoms with Gasteiger partial charge in [-0.1, -0.05) is 0 Å². The molecule has 2 aromatic rings. The van der Waals surface area contributed by atoms with Crippen LogP contribution >= 0.6 is 11.3 Å². The Morgan fingerprint density at radius 3 is 2.75 bits per heavy atom. The Labute approximate surface area is 122 Å². The minimum atomic E-state index is -0.0000758. The van der Waals surface area contributed by atoms with Crippen LogP contribution in [0.4, 0.5) is 10.7 Å². The van der Waals surface area contributed by atoms with Crippen molar-refractivity contribution < 1.29 is 4.74 Å². The smallest absolute Gasteiger partial charge is 0.178 e. The average Bonchev–Trinajstić information content (AvgIpc) is 2.74. The number of nitrogens with two attached hydrogens (primary N) is 1. The number of nitriles is 1. The number of nitrogen functional groups attached to an aromatic ring is 1. The summed E-state index contributed by atoms with van der Waals surface area (Å²) in [4.78, 5) is 4.45. The van der Waals surface area contributed by atoms with Crippen LogP contribution in [-0.2, 0) is 6.54 Å². The molecule has 0 aromatic carbocycles. The van der Waals surface area contributed by atoms with E-state index in [2.05, 4.69) is 16.4 Å². The summed E-state index contributed by atoms with van der Waals surface area (Å²) in [6, 6.07) is 5.95. The fourth-order valence-electron chi connectivity index (χ4n) is 1.66. The average molecular weight is 288 g/mol. The van der Waals surface area contributed by atoms with Crippen LogP contribution in [0.25, 0.3) is 0 Å². The second-order valence-corrected chi connectivity index (χ2v) is 5.51. The number of nitrogens with one attached hydrogen (secondary N) is 1. The van der Waals surface area contributed by atoms with E-state index in [-0.39, 0.29) is 6.10 Å². The minimum absolute atomic E-state index is 0.0000758. The second-order valence-electron chi connectivity index (χ2n) is 4.49. The van der Waals surface area contributed by atoms with Crippen LogP contribution in [0.15, 0.2) is 24.5 Å². The molecular formula is C14H16N4OS. The summed E-state index contributed by atoms with van der Waals surface area (Å²) in [7, 11) is 0. The van der Waals surface area contributed by atoms with Crippen molar-refractivity contribution in [1.82, 2.24) is 4.98 Å². The number of aromatic nitrogens is 1. The van der Waals surface area contributed by atoms with Crippen molar-refractivity contribution in [3.8, 4) is 11.8 Å². The fraction of sp³-hybridized carbons (Fsp3) is 0.286. The molecule has 3 N–H and O–H groups in total. The molecule has 0 atom stereocenters. The van der Waals surface area contributed by atoms with Gasteiger partial charge in [-0.05, 0) is 31.5 Å². The number of ether oxygens (including phenoxy) is 1. The van der Waals surface area contributed by atoms with Gasteiger partial charge in [-0.2, -0.15) is 5.26 Å². The first-order valence-electron chi connectivity index (χ1n) is 6.23. The summed E-state index contributed by atoms with van der Waals surface area (Å²) in [5.41, 5.74) is 7.45. The SMILES string of the molecule is CC(C)Oc1c(NCc2ccncc2)sc(C#N)c1N. The number of hydrogen-bond acceptors (Lipinski definition) is 6. The third-order valence-corrected chi connectivity index (χ3v) is 3.61. The molecule has 0 unspecified atom stereocenters. The van der Waals surface area contributed by atoms with Crippen LogP contribution in [0.2, 0.25) is 0 Å². The van der Waals surface area contributed by atoms with Gasteiger partial charge >= 0.3 is 0 Å². The molecule has 0 aliphatic carbocycles. The molecule has 0 fully saturated rings. The molecule has 0 bridgehead atoms. The van der Waals surface area contributed by atoms with Gasteiger partial charge in [0.25, 0.3) is 0 Å². The van der Waals surface area contributed by atoms with Gasteiger partial charge in [0.15, 0.2) is 5.75 Å². The van der Waals surface area contributed by atoms with Gasteiger partial charge in [0.1, 0.15) is 21.6 Å². The largest absolute Gasteiger partial charge is 0.486 e. The second kappa shape index (κ2) is 6.26. The standard InChI is InChI=1S/C14H16N4OS/c1-9(2)19-13-12(16)11(7-15)20-14(13)18-8-10-3-5-17-6-4-10/h3-6,9,18H,8,16H2,1-2H3. The van der Waals surface area contributed by atoms with E-state index in [9.17, 15) is 0 Å². The lowest BCUT2D eigenvalue weighted by Crippen LogP contribution is -2.08. The summed E-state index contributed by atoms with van der Waals surface area (Å²) in [6.07, 6.45) is 3.48. The zero-order valence-electron chi connectivity index (χ0n) is 11.4. The predicted octanol–water partition coefficient (Wildman–Crippen LogP) is 3.00. The highest BCUT2D eigenvalue weighted by Gasteiger charge is 2.18. The molecule has 20 heavy (non-hydrogen) atoms. The number of rotatable bonds is 5. The van der Waals surface area contributed by atoms with Crippen molar-refractivity contribution in [3.05, 3.63) is 35.0 Å². The van der Waals surface area contributed by atoms with Gasteiger partial charge in [-0.25, -0.2) is 0 Å². The molecule has 2 aromatic heterocycles. The zero-order chi connectivity index (χ0) is 14.5. The van der Waals surface area contributed by atoms with Gasteiger partial charge in [-0.3, -0.25) is 4.98 Å². The maximum atomic E-state index is 9.06. The van der Waals surface area contributed by atoms with Crippen molar-refractivity contribution in [1.29, 1.82) is 5.26 Å². The Kier molecular flexibility index (Phi) is 4.43. The molecule has 0 saturated heterocycles. The highest BCUT2D eigenvalue weighted by molar-refractivity contribution is 7.17. The Bertz CT molecular complexity index is 616. The quantitative estimate of drug-likeness (QED) is 0.883. The topological polar surface area (TPSA) is 84.0 Å². The lowest BCUT2D eigenvalue weighted by molar-refractivity contribution is 0.246. The van der Waals surface area contributed by atoms with E-state index in [1.54, 1.807) is 12.4 Å². The van der Waals surface area contributed by atoms with E-state index in [0.717, 1.165) is 10.6 Å². The molecule has 6 heteroatoms. The van der Waals surface area contributed by atoms with Gasteiger partial charge in [0.05, 0.1) is 6.10 Å². The maximum absolute atomic E-state index is 9.06. The lowest BCUT2D eigenvalue weighted by Gasteiger charge is -2.12.